The monoisotopic (exact) mass is 237 g/mol. The van der Waals surface area contributed by atoms with Crippen LogP contribution < -0.4 is 17.0 Å². The maximum absolute atomic E-state index is 11.5. The Morgan fingerprint density at radius 2 is 2.06 bits per heavy atom. The van der Waals surface area contributed by atoms with E-state index in [1.165, 1.54) is 0 Å². The van der Waals surface area contributed by atoms with E-state index >= 15 is 0 Å². The van der Waals surface area contributed by atoms with Crippen molar-refractivity contribution in [1.29, 1.82) is 0 Å². The van der Waals surface area contributed by atoms with Gasteiger partial charge in [0, 0.05) is 6.42 Å². The van der Waals surface area contributed by atoms with Gasteiger partial charge in [-0.05, 0) is 12.5 Å². The number of rotatable bonds is 4. The van der Waals surface area contributed by atoms with Gasteiger partial charge in [0.2, 0.25) is 0 Å². The lowest BCUT2D eigenvalue weighted by Crippen LogP contribution is -2.21. The van der Waals surface area contributed by atoms with Crippen molar-refractivity contribution < 1.29 is 0 Å². The van der Waals surface area contributed by atoms with Crippen LogP contribution in [0.15, 0.2) is 9.59 Å². The van der Waals surface area contributed by atoms with E-state index in [0.717, 1.165) is 6.42 Å². The summed E-state index contributed by atoms with van der Waals surface area (Å²) < 4.78 is 0. The number of nitrogens with zero attached hydrogens (tertiary/aromatic N) is 1. The minimum atomic E-state index is -0.550. The van der Waals surface area contributed by atoms with E-state index in [2.05, 4.69) is 26.9 Å². The first kappa shape index (κ1) is 11.6. The Morgan fingerprint density at radius 1 is 1.29 bits per heavy atom. The molecule has 92 valence electrons. The van der Waals surface area contributed by atoms with Crippen LogP contribution in [0.1, 0.15) is 19.2 Å². The Kier molecular flexibility index (Phi) is 3.10. The normalized spacial score (nSPS) is 13.1. The molecule has 0 bridgehead atoms. The average molecular weight is 237 g/mol. The highest BCUT2D eigenvalue weighted by molar-refractivity contribution is 5.68. The molecule has 0 aliphatic heterocycles. The van der Waals surface area contributed by atoms with Crippen molar-refractivity contribution in [1.82, 2.24) is 19.9 Å². The summed E-state index contributed by atoms with van der Waals surface area (Å²) in [6.07, 6.45) is 1.61. The fourth-order valence-electron chi connectivity index (χ4n) is 1.75. The van der Waals surface area contributed by atoms with E-state index in [-0.39, 0.29) is 0 Å². The molecule has 0 spiro atoms. The van der Waals surface area contributed by atoms with Crippen LogP contribution in [-0.2, 0) is 6.42 Å². The third-order valence-corrected chi connectivity index (χ3v) is 2.83. The molecule has 0 saturated carbocycles. The third-order valence-electron chi connectivity index (χ3n) is 2.83. The highest BCUT2D eigenvalue weighted by Gasteiger charge is 2.11. The number of aromatic amines is 3. The molecule has 0 saturated heterocycles. The van der Waals surface area contributed by atoms with Crippen molar-refractivity contribution in [2.75, 3.05) is 6.54 Å². The summed E-state index contributed by atoms with van der Waals surface area (Å²) >= 11 is 0. The summed E-state index contributed by atoms with van der Waals surface area (Å²) in [5, 5.41) is 0. The maximum atomic E-state index is 11.5. The van der Waals surface area contributed by atoms with Crippen molar-refractivity contribution >= 4 is 11.2 Å². The smallest absolute Gasteiger partial charge is 0.327 e. The van der Waals surface area contributed by atoms with Crippen LogP contribution in [0.25, 0.3) is 11.2 Å². The minimum absolute atomic E-state index is 0.292. The Labute approximate surface area is 96.5 Å². The molecular weight excluding hydrogens is 222 g/mol. The third kappa shape index (κ3) is 2.28. The molecule has 1 unspecified atom stereocenters. The van der Waals surface area contributed by atoms with E-state index in [1.807, 2.05) is 0 Å². The number of imidazole rings is 1. The van der Waals surface area contributed by atoms with E-state index in [1.54, 1.807) is 0 Å². The number of aromatic nitrogens is 4. The second-order valence-corrected chi connectivity index (χ2v) is 4.03. The lowest BCUT2D eigenvalue weighted by molar-refractivity contribution is 0.508. The molecule has 2 aromatic rings. The van der Waals surface area contributed by atoms with Gasteiger partial charge in [0.15, 0.2) is 5.65 Å². The molecule has 0 radical (unpaired) electrons. The topological polar surface area (TPSA) is 120 Å². The molecule has 0 aliphatic carbocycles. The Balaban J connectivity index is 2.41. The van der Waals surface area contributed by atoms with Crippen molar-refractivity contribution in [3.8, 4) is 0 Å². The zero-order valence-corrected chi connectivity index (χ0v) is 9.54. The van der Waals surface area contributed by atoms with Gasteiger partial charge in [-0.15, -0.1) is 0 Å². The Bertz CT molecular complexity index is 619. The molecule has 2 heterocycles. The van der Waals surface area contributed by atoms with Crippen LogP contribution in [0.3, 0.4) is 0 Å². The first-order valence-electron chi connectivity index (χ1n) is 5.55. The standard InChI is InChI=1S/C10H15N5O2/c1-2-5(4-11)3-6-12-7-8(13-6)14-10(17)15-9(7)16/h5H,2-4,11H2,1H3,(H3,12,13,14,15,16,17). The summed E-state index contributed by atoms with van der Waals surface area (Å²) in [4.78, 5) is 34.2. The fraction of sp³-hybridized carbons (Fsp3) is 0.500. The molecule has 2 aromatic heterocycles. The number of fused-ring (bicyclic) bond motifs is 1. The van der Waals surface area contributed by atoms with Crippen LogP contribution in [0.2, 0.25) is 0 Å². The van der Waals surface area contributed by atoms with Gasteiger partial charge in [0.1, 0.15) is 11.3 Å². The van der Waals surface area contributed by atoms with Gasteiger partial charge >= 0.3 is 5.69 Å². The summed E-state index contributed by atoms with van der Waals surface area (Å²) in [6, 6.07) is 0. The predicted molar refractivity (Wildman–Crippen MR) is 63.9 cm³/mol. The molecule has 7 heteroatoms. The first-order valence-corrected chi connectivity index (χ1v) is 5.55. The van der Waals surface area contributed by atoms with Crippen LogP contribution in [0.5, 0.6) is 0 Å². The number of H-pyrrole nitrogens is 3. The molecule has 17 heavy (non-hydrogen) atoms. The highest BCUT2D eigenvalue weighted by atomic mass is 16.2. The van der Waals surface area contributed by atoms with Gasteiger partial charge in [-0.2, -0.15) is 0 Å². The number of nitrogens with two attached hydrogens (primary N) is 1. The molecular formula is C10H15N5O2. The second kappa shape index (κ2) is 4.54. The predicted octanol–water partition coefficient (Wildman–Crippen LogP) is -0.533. The SMILES string of the molecule is CCC(CN)Cc1nc2[nH]c(=O)[nH]c(=O)c2[nH]1. The number of nitrogens with one attached hydrogen (secondary N) is 3. The van der Waals surface area contributed by atoms with Crippen LogP contribution in [0.4, 0.5) is 0 Å². The largest absolute Gasteiger partial charge is 0.336 e. The summed E-state index contributed by atoms with van der Waals surface area (Å²) in [5.41, 5.74) is 5.20. The maximum Gasteiger partial charge on any atom is 0.327 e. The number of hydrogen-bond donors (Lipinski definition) is 4. The zero-order valence-electron chi connectivity index (χ0n) is 9.54. The van der Waals surface area contributed by atoms with Crippen molar-refractivity contribution in [3.05, 3.63) is 26.7 Å². The Morgan fingerprint density at radius 3 is 2.71 bits per heavy atom. The van der Waals surface area contributed by atoms with Gasteiger partial charge in [0.05, 0.1) is 0 Å². The molecule has 5 N–H and O–H groups in total. The lowest BCUT2D eigenvalue weighted by atomic mass is 10.0. The average Bonchev–Trinajstić information content (AvgIpc) is 2.68. The van der Waals surface area contributed by atoms with Gasteiger partial charge in [-0.25, -0.2) is 9.78 Å². The summed E-state index contributed by atoms with van der Waals surface area (Å²) in [7, 11) is 0. The van der Waals surface area contributed by atoms with Gasteiger partial charge in [-0.3, -0.25) is 14.8 Å². The van der Waals surface area contributed by atoms with Crippen LogP contribution in [-0.4, -0.2) is 26.5 Å². The summed E-state index contributed by atoms with van der Waals surface area (Å²) in [5.74, 6) is 0.992. The van der Waals surface area contributed by atoms with Gasteiger partial charge in [0.25, 0.3) is 5.56 Å². The quantitative estimate of drug-likeness (QED) is 0.571. The second-order valence-electron chi connectivity index (χ2n) is 4.03. The molecule has 0 amide bonds. The van der Waals surface area contributed by atoms with Crippen molar-refractivity contribution in [2.45, 2.75) is 19.8 Å². The molecule has 7 nitrogen and oxygen atoms in total. The zero-order chi connectivity index (χ0) is 12.4. The van der Waals surface area contributed by atoms with Crippen molar-refractivity contribution in [2.24, 2.45) is 11.7 Å². The van der Waals surface area contributed by atoms with Crippen LogP contribution >= 0.6 is 0 Å². The molecule has 0 aliphatic rings. The van der Waals surface area contributed by atoms with E-state index in [0.29, 0.717) is 35.9 Å². The molecule has 1 atom stereocenters. The van der Waals surface area contributed by atoms with Gasteiger partial charge in [-0.1, -0.05) is 13.3 Å². The molecule has 0 fully saturated rings. The highest BCUT2D eigenvalue weighted by Crippen LogP contribution is 2.10. The number of hydrogen-bond acceptors (Lipinski definition) is 4. The van der Waals surface area contributed by atoms with Gasteiger partial charge < -0.3 is 10.7 Å². The van der Waals surface area contributed by atoms with E-state index in [9.17, 15) is 9.59 Å². The van der Waals surface area contributed by atoms with Crippen LogP contribution in [0, 0.1) is 5.92 Å². The summed E-state index contributed by atoms with van der Waals surface area (Å²) in [6.45, 7) is 2.62. The Hall–Kier alpha value is -1.89. The molecule has 2 rings (SSSR count). The van der Waals surface area contributed by atoms with E-state index < -0.39 is 11.2 Å². The lowest BCUT2D eigenvalue weighted by Gasteiger charge is -2.08. The first-order chi connectivity index (χ1) is 8.13. The minimum Gasteiger partial charge on any atom is -0.336 e. The fourth-order valence-corrected chi connectivity index (χ4v) is 1.75. The van der Waals surface area contributed by atoms with Crippen molar-refractivity contribution in [3.63, 3.8) is 0 Å². The van der Waals surface area contributed by atoms with E-state index in [4.69, 9.17) is 5.73 Å². The molecule has 0 aromatic carbocycles.